The smallest absolute Gasteiger partial charge is 0.242 e. The summed E-state index contributed by atoms with van der Waals surface area (Å²) in [5, 5.41) is 0.165. The van der Waals surface area contributed by atoms with Crippen LogP contribution >= 0.6 is 11.6 Å². The first kappa shape index (κ1) is 14.0. The maximum atomic E-state index is 11.4. The molecular weight excluding hydrogens is 252 g/mol. The van der Waals surface area contributed by atoms with E-state index in [4.69, 9.17) is 16.0 Å². The van der Waals surface area contributed by atoms with E-state index >= 15 is 0 Å². The van der Waals surface area contributed by atoms with Gasteiger partial charge in [0, 0.05) is 12.5 Å². The van der Waals surface area contributed by atoms with Crippen LogP contribution in [0.1, 0.15) is 12.5 Å². The summed E-state index contributed by atoms with van der Waals surface area (Å²) in [6.45, 7) is 7.61. The van der Waals surface area contributed by atoms with Crippen LogP contribution in [0.2, 0.25) is 19.6 Å². The van der Waals surface area contributed by atoms with Crippen molar-refractivity contribution in [1.29, 1.82) is 0 Å². The maximum Gasteiger partial charge on any atom is 0.242 e. The maximum absolute atomic E-state index is 11.4. The van der Waals surface area contributed by atoms with Gasteiger partial charge < -0.3 is 4.43 Å². The fraction of sp³-hybridized carbons (Fsp3) is 0.308. The lowest BCUT2D eigenvalue weighted by Gasteiger charge is -2.22. The predicted octanol–water partition coefficient (Wildman–Crippen LogP) is 4.03. The number of benzene rings is 1. The van der Waals surface area contributed by atoms with Crippen LogP contribution in [0.15, 0.2) is 35.4 Å². The standard InChI is InChI=1S/C13H17ClO2Si/c1-10(15)12(14)13(16-17(2,3)4)11-8-6-5-7-9-11/h5-9H,1-4H3/b13-12+. The molecule has 0 aliphatic rings. The highest BCUT2D eigenvalue weighted by molar-refractivity contribution is 6.70. The molecule has 0 atom stereocenters. The SMILES string of the molecule is CC(=O)/C(Cl)=C(\O[Si](C)(C)C)c1ccccc1. The highest BCUT2D eigenvalue weighted by Gasteiger charge is 2.22. The quantitative estimate of drug-likeness (QED) is 0.468. The Kier molecular flexibility index (Phi) is 4.54. The van der Waals surface area contributed by atoms with Gasteiger partial charge in [-0.25, -0.2) is 0 Å². The molecule has 0 radical (unpaired) electrons. The van der Waals surface area contributed by atoms with Crippen LogP contribution in [-0.4, -0.2) is 14.1 Å². The average Bonchev–Trinajstić information content (AvgIpc) is 2.25. The van der Waals surface area contributed by atoms with Gasteiger partial charge in [0.25, 0.3) is 0 Å². The molecule has 0 N–H and O–H groups in total. The van der Waals surface area contributed by atoms with Gasteiger partial charge in [0.15, 0.2) is 5.78 Å². The summed E-state index contributed by atoms with van der Waals surface area (Å²) in [5.74, 6) is 0.322. The van der Waals surface area contributed by atoms with Crippen molar-refractivity contribution in [3.8, 4) is 0 Å². The number of Topliss-reactive ketones (excluding diaryl/α,β-unsaturated/α-hetero) is 1. The summed E-state index contributed by atoms with van der Waals surface area (Å²) in [6, 6.07) is 9.49. The van der Waals surface area contributed by atoms with Crippen LogP contribution in [-0.2, 0) is 9.22 Å². The number of allylic oxidation sites excluding steroid dienone is 1. The van der Waals surface area contributed by atoms with E-state index in [1.54, 1.807) is 0 Å². The van der Waals surface area contributed by atoms with E-state index in [9.17, 15) is 4.79 Å². The van der Waals surface area contributed by atoms with Gasteiger partial charge in [-0.2, -0.15) is 0 Å². The Morgan fingerprint density at radius 1 is 1.18 bits per heavy atom. The fourth-order valence-corrected chi connectivity index (χ4v) is 2.33. The molecule has 0 fully saturated rings. The minimum absolute atomic E-state index is 0.165. The van der Waals surface area contributed by atoms with Crippen LogP contribution < -0.4 is 0 Å². The van der Waals surface area contributed by atoms with Crippen molar-refractivity contribution in [3.63, 3.8) is 0 Å². The largest absolute Gasteiger partial charge is 0.543 e. The van der Waals surface area contributed by atoms with Gasteiger partial charge in [-0.3, -0.25) is 4.79 Å². The van der Waals surface area contributed by atoms with E-state index in [0.29, 0.717) is 5.76 Å². The fourth-order valence-electron chi connectivity index (χ4n) is 1.29. The van der Waals surface area contributed by atoms with Crippen molar-refractivity contribution in [2.75, 3.05) is 0 Å². The molecule has 0 saturated carbocycles. The van der Waals surface area contributed by atoms with Crippen molar-refractivity contribution in [2.45, 2.75) is 26.6 Å². The summed E-state index contributed by atoms with van der Waals surface area (Å²) in [6.07, 6.45) is 0. The Labute approximate surface area is 108 Å². The summed E-state index contributed by atoms with van der Waals surface area (Å²) in [7, 11) is -1.81. The highest BCUT2D eigenvalue weighted by Crippen LogP contribution is 2.26. The molecule has 0 amide bonds. The van der Waals surface area contributed by atoms with Crippen molar-refractivity contribution in [2.24, 2.45) is 0 Å². The summed E-state index contributed by atoms with van der Waals surface area (Å²) >= 11 is 6.05. The zero-order chi connectivity index (χ0) is 13.1. The van der Waals surface area contributed by atoms with Gasteiger partial charge in [-0.15, -0.1) is 0 Å². The van der Waals surface area contributed by atoms with E-state index in [0.717, 1.165) is 5.56 Å². The molecule has 0 aromatic heterocycles. The van der Waals surface area contributed by atoms with Gasteiger partial charge in [-0.1, -0.05) is 41.9 Å². The topological polar surface area (TPSA) is 26.3 Å². The molecule has 0 heterocycles. The number of halogens is 1. The van der Waals surface area contributed by atoms with Crippen LogP contribution in [0.5, 0.6) is 0 Å². The summed E-state index contributed by atoms with van der Waals surface area (Å²) < 4.78 is 5.91. The number of carbonyl (C=O) groups excluding carboxylic acids is 1. The number of ketones is 1. The second-order valence-electron chi connectivity index (χ2n) is 4.78. The third kappa shape index (κ3) is 4.36. The molecule has 0 aliphatic heterocycles. The number of hydrogen-bond acceptors (Lipinski definition) is 2. The molecule has 0 bridgehead atoms. The van der Waals surface area contributed by atoms with Gasteiger partial charge in [0.05, 0.1) is 0 Å². The zero-order valence-electron chi connectivity index (χ0n) is 10.6. The number of hydrogen-bond donors (Lipinski definition) is 0. The van der Waals surface area contributed by atoms with Crippen molar-refractivity contribution >= 4 is 31.5 Å². The van der Waals surface area contributed by atoms with Crippen LogP contribution in [0.3, 0.4) is 0 Å². The molecular formula is C13H17ClO2Si. The molecule has 1 rings (SSSR count). The van der Waals surface area contributed by atoms with Crippen molar-refractivity contribution < 1.29 is 9.22 Å². The lowest BCUT2D eigenvalue weighted by Crippen LogP contribution is -2.25. The summed E-state index contributed by atoms with van der Waals surface area (Å²) in [5.41, 5.74) is 0.843. The van der Waals surface area contributed by atoms with Crippen LogP contribution in [0.25, 0.3) is 5.76 Å². The van der Waals surface area contributed by atoms with Gasteiger partial charge in [-0.05, 0) is 19.6 Å². The minimum atomic E-state index is -1.81. The lowest BCUT2D eigenvalue weighted by atomic mass is 10.1. The summed E-state index contributed by atoms with van der Waals surface area (Å²) in [4.78, 5) is 11.4. The van der Waals surface area contributed by atoms with E-state index in [2.05, 4.69) is 19.6 Å². The zero-order valence-corrected chi connectivity index (χ0v) is 12.3. The lowest BCUT2D eigenvalue weighted by molar-refractivity contribution is -0.113. The Morgan fingerprint density at radius 3 is 2.12 bits per heavy atom. The Bertz CT molecular complexity index is 432. The minimum Gasteiger partial charge on any atom is -0.543 e. The van der Waals surface area contributed by atoms with Gasteiger partial charge >= 0.3 is 0 Å². The molecule has 0 spiro atoms. The first-order valence-corrected chi connectivity index (χ1v) is 9.25. The van der Waals surface area contributed by atoms with Crippen LogP contribution in [0.4, 0.5) is 0 Å². The second-order valence-corrected chi connectivity index (χ2v) is 9.59. The molecule has 17 heavy (non-hydrogen) atoms. The van der Waals surface area contributed by atoms with E-state index in [1.807, 2.05) is 30.3 Å². The normalized spacial score (nSPS) is 13.0. The van der Waals surface area contributed by atoms with Crippen LogP contribution in [0, 0.1) is 0 Å². The molecule has 0 saturated heterocycles. The van der Waals surface area contributed by atoms with E-state index < -0.39 is 8.32 Å². The molecule has 4 heteroatoms. The van der Waals surface area contributed by atoms with E-state index in [1.165, 1.54) is 6.92 Å². The Morgan fingerprint density at radius 2 is 1.71 bits per heavy atom. The van der Waals surface area contributed by atoms with Crippen molar-refractivity contribution in [3.05, 3.63) is 40.9 Å². The monoisotopic (exact) mass is 268 g/mol. The molecule has 1 aromatic carbocycles. The second kappa shape index (κ2) is 5.51. The van der Waals surface area contributed by atoms with E-state index in [-0.39, 0.29) is 10.8 Å². The highest BCUT2D eigenvalue weighted by atomic mass is 35.5. The molecule has 92 valence electrons. The Hall–Kier alpha value is -1.06. The molecule has 0 aliphatic carbocycles. The third-order valence-corrected chi connectivity index (χ3v) is 3.21. The van der Waals surface area contributed by atoms with Crippen molar-refractivity contribution in [1.82, 2.24) is 0 Å². The predicted molar refractivity (Wildman–Crippen MR) is 74.3 cm³/mol. The first-order chi connectivity index (χ1) is 7.81. The number of carbonyl (C=O) groups is 1. The van der Waals surface area contributed by atoms with Gasteiger partial charge in [0.1, 0.15) is 10.8 Å². The van der Waals surface area contributed by atoms with Gasteiger partial charge in [0.2, 0.25) is 8.32 Å². The first-order valence-electron chi connectivity index (χ1n) is 5.46. The average molecular weight is 269 g/mol. The Balaban J connectivity index is 3.22. The molecule has 0 unspecified atom stereocenters. The number of rotatable bonds is 4. The molecule has 1 aromatic rings. The molecule has 2 nitrogen and oxygen atoms in total. The third-order valence-electron chi connectivity index (χ3n) is 1.95.